The monoisotopic (exact) mass is 436 g/mol. The molecule has 4 aromatic rings. The summed E-state index contributed by atoms with van der Waals surface area (Å²) in [6.45, 7) is 0. The van der Waals surface area contributed by atoms with Crippen LogP contribution >= 0.6 is 23.4 Å². The first kappa shape index (κ1) is 20.1. The summed E-state index contributed by atoms with van der Waals surface area (Å²) in [5.41, 5.74) is 2.30. The lowest BCUT2D eigenvalue weighted by Crippen LogP contribution is -2.05. The second kappa shape index (κ2) is 9.11. The number of halogens is 1. The second-order valence-corrected chi connectivity index (χ2v) is 7.68. The number of benzene rings is 2. The number of nitrogens with zero attached hydrogens (tertiary/aromatic N) is 4. The molecule has 0 unspecified atom stereocenters. The SMILES string of the molecule is COc1ccc(C(=O)CSc2nnc(-c3cccnc3)n2-c2ccc(Cl)cc2)cc1. The maximum absolute atomic E-state index is 12.6. The van der Waals surface area contributed by atoms with E-state index in [9.17, 15) is 4.79 Å². The lowest BCUT2D eigenvalue weighted by atomic mass is 10.1. The Morgan fingerprint density at radius 2 is 1.83 bits per heavy atom. The summed E-state index contributed by atoms with van der Waals surface area (Å²) < 4.78 is 7.05. The first-order valence-electron chi connectivity index (χ1n) is 9.07. The molecular formula is C22H17ClN4O2S. The fourth-order valence-corrected chi connectivity index (χ4v) is 3.83. The maximum Gasteiger partial charge on any atom is 0.196 e. The summed E-state index contributed by atoms with van der Waals surface area (Å²) in [6, 6.07) is 18.2. The zero-order chi connectivity index (χ0) is 20.9. The Kier molecular flexibility index (Phi) is 6.11. The predicted octanol–water partition coefficient (Wildman–Crippen LogP) is 4.97. The Balaban J connectivity index is 1.63. The van der Waals surface area contributed by atoms with Gasteiger partial charge in [0.15, 0.2) is 16.8 Å². The number of ketones is 1. The van der Waals surface area contributed by atoms with Gasteiger partial charge in [0.25, 0.3) is 0 Å². The maximum atomic E-state index is 12.6. The molecule has 0 saturated carbocycles. The van der Waals surface area contributed by atoms with Crippen molar-refractivity contribution in [3.05, 3.63) is 83.6 Å². The highest BCUT2D eigenvalue weighted by atomic mass is 35.5. The van der Waals surface area contributed by atoms with Crippen LogP contribution in [0.2, 0.25) is 5.02 Å². The van der Waals surface area contributed by atoms with E-state index in [-0.39, 0.29) is 11.5 Å². The van der Waals surface area contributed by atoms with Crippen molar-refractivity contribution >= 4 is 29.1 Å². The normalized spacial score (nSPS) is 10.7. The van der Waals surface area contributed by atoms with Gasteiger partial charge in [0, 0.05) is 34.2 Å². The molecule has 2 aromatic heterocycles. The molecule has 0 aliphatic rings. The minimum absolute atomic E-state index is 0.00348. The van der Waals surface area contributed by atoms with E-state index in [2.05, 4.69) is 15.2 Å². The van der Waals surface area contributed by atoms with Crippen LogP contribution in [0, 0.1) is 0 Å². The minimum Gasteiger partial charge on any atom is -0.497 e. The standard InChI is InChI=1S/C22H17ClN4O2S/c1-29-19-10-4-15(5-11-19)20(28)14-30-22-26-25-21(16-3-2-12-24-13-16)27(22)18-8-6-17(23)7-9-18/h2-13H,14H2,1H3. The molecule has 0 aliphatic carbocycles. The van der Waals surface area contributed by atoms with Crippen LogP contribution < -0.4 is 4.74 Å². The smallest absolute Gasteiger partial charge is 0.196 e. The zero-order valence-corrected chi connectivity index (χ0v) is 17.6. The number of carbonyl (C=O) groups is 1. The van der Waals surface area contributed by atoms with Crippen molar-refractivity contribution in [3.63, 3.8) is 0 Å². The topological polar surface area (TPSA) is 69.9 Å². The van der Waals surface area contributed by atoms with E-state index in [0.29, 0.717) is 27.3 Å². The summed E-state index contributed by atoms with van der Waals surface area (Å²) in [5.74, 6) is 1.58. The molecule has 2 heterocycles. The first-order valence-corrected chi connectivity index (χ1v) is 10.4. The van der Waals surface area contributed by atoms with Crippen molar-refractivity contribution in [1.82, 2.24) is 19.7 Å². The molecule has 2 aromatic carbocycles. The third-order valence-electron chi connectivity index (χ3n) is 4.38. The highest BCUT2D eigenvalue weighted by Gasteiger charge is 2.18. The number of hydrogen-bond donors (Lipinski definition) is 0. The number of carbonyl (C=O) groups excluding carboxylic acids is 1. The van der Waals surface area contributed by atoms with Gasteiger partial charge in [0.05, 0.1) is 12.9 Å². The Bertz CT molecular complexity index is 1150. The molecular weight excluding hydrogens is 420 g/mol. The molecule has 0 amide bonds. The van der Waals surface area contributed by atoms with Gasteiger partial charge in [-0.05, 0) is 60.7 Å². The molecule has 0 bridgehead atoms. The van der Waals surface area contributed by atoms with Crippen LogP contribution in [0.3, 0.4) is 0 Å². The summed E-state index contributed by atoms with van der Waals surface area (Å²) >= 11 is 7.38. The molecule has 30 heavy (non-hydrogen) atoms. The van der Waals surface area contributed by atoms with E-state index in [1.807, 2.05) is 28.8 Å². The van der Waals surface area contributed by atoms with Crippen molar-refractivity contribution in [1.29, 1.82) is 0 Å². The molecule has 4 rings (SSSR count). The average molecular weight is 437 g/mol. The predicted molar refractivity (Wildman–Crippen MR) is 118 cm³/mol. The van der Waals surface area contributed by atoms with Gasteiger partial charge in [0.2, 0.25) is 0 Å². The lowest BCUT2D eigenvalue weighted by Gasteiger charge is -2.10. The number of rotatable bonds is 7. The Labute approximate surface area is 182 Å². The number of hydrogen-bond acceptors (Lipinski definition) is 6. The van der Waals surface area contributed by atoms with Gasteiger partial charge in [-0.1, -0.05) is 23.4 Å². The van der Waals surface area contributed by atoms with Gasteiger partial charge in [-0.3, -0.25) is 14.3 Å². The van der Waals surface area contributed by atoms with Gasteiger partial charge in [-0.15, -0.1) is 10.2 Å². The van der Waals surface area contributed by atoms with Crippen LogP contribution in [0.25, 0.3) is 17.1 Å². The number of methoxy groups -OCH3 is 1. The Morgan fingerprint density at radius 1 is 1.07 bits per heavy atom. The van der Waals surface area contributed by atoms with Gasteiger partial charge in [-0.2, -0.15) is 0 Å². The molecule has 0 atom stereocenters. The van der Waals surface area contributed by atoms with Crippen molar-refractivity contribution < 1.29 is 9.53 Å². The van der Waals surface area contributed by atoms with Crippen molar-refractivity contribution in [2.24, 2.45) is 0 Å². The largest absolute Gasteiger partial charge is 0.497 e. The number of pyridine rings is 1. The van der Waals surface area contributed by atoms with Crippen molar-refractivity contribution in [2.45, 2.75) is 5.16 Å². The number of thioether (sulfide) groups is 1. The summed E-state index contributed by atoms with van der Waals surface area (Å²) in [7, 11) is 1.59. The van der Waals surface area contributed by atoms with E-state index >= 15 is 0 Å². The van der Waals surface area contributed by atoms with Crippen LogP contribution in [0.15, 0.2) is 78.2 Å². The third-order valence-corrected chi connectivity index (χ3v) is 5.56. The van der Waals surface area contributed by atoms with Crippen LogP contribution in [-0.4, -0.2) is 38.4 Å². The third kappa shape index (κ3) is 4.37. The molecule has 6 nitrogen and oxygen atoms in total. The molecule has 0 radical (unpaired) electrons. The minimum atomic E-state index is -0.00348. The highest BCUT2D eigenvalue weighted by Crippen LogP contribution is 2.28. The molecule has 0 aliphatic heterocycles. The van der Waals surface area contributed by atoms with E-state index < -0.39 is 0 Å². The Hall–Kier alpha value is -3.16. The molecule has 0 N–H and O–H groups in total. The van der Waals surface area contributed by atoms with Crippen LogP contribution in [0.4, 0.5) is 0 Å². The van der Waals surface area contributed by atoms with E-state index in [1.54, 1.807) is 55.9 Å². The number of ether oxygens (including phenoxy) is 1. The average Bonchev–Trinajstić information content (AvgIpc) is 3.22. The molecule has 8 heteroatoms. The zero-order valence-electron chi connectivity index (χ0n) is 16.0. The fraction of sp³-hybridized carbons (Fsp3) is 0.0909. The van der Waals surface area contributed by atoms with E-state index in [0.717, 1.165) is 11.3 Å². The first-order chi connectivity index (χ1) is 14.7. The molecule has 0 saturated heterocycles. The van der Waals surface area contributed by atoms with Crippen LogP contribution in [0.1, 0.15) is 10.4 Å². The van der Waals surface area contributed by atoms with E-state index in [4.69, 9.17) is 16.3 Å². The quantitative estimate of drug-likeness (QED) is 0.301. The van der Waals surface area contributed by atoms with Crippen LogP contribution in [-0.2, 0) is 0 Å². The lowest BCUT2D eigenvalue weighted by molar-refractivity contribution is 0.102. The van der Waals surface area contributed by atoms with Gasteiger partial charge in [0.1, 0.15) is 5.75 Å². The van der Waals surface area contributed by atoms with Gasteiger partial charge >= 0.3 is 0 Å². The summed E-state index contributed by atoms with van der Waals surface area (Å²) in [6.07, 6.45) is 3.43. The molecule has 0 spiro atoms. The van der Waals surface area contributed by atoms with Gasteiger partial charge < -0.3 is 4.74 Å². The highest BCUT2D eigenvalue weighted by molar-refractivity contribution is 7.99. The summed E-state index contributed by atoms with van der Waals surface area (Å²) in [5, 5.41) is 9.92. The molecule has 0 fully saturated rings. The summed E-state index contributed by atoms with van der Waals surface area (Å²) in [4.78, 5) is 16.8. The van der Waals surface area contributed by atoms with Crippen molar-refractivity contribution in [3.8, 4) is 22.8 Å². The Morgan fingerprint density at radius 3 is 2.50 bits per heavy atom. The number of aromatic nitrogens is 4. The van der Waals surface area contributed by atoms with Gasteiger partial charge in [-0.25, -0.2) is 0 Å². The number of Topliss-reactive ketones (excluding diaryl/α,β-unsaturated/α-hetero) is 1. The van der Waals surface area contributed by atoms with E-state index in [1.165, 1.54) is 11.8 Å². The fourth-order valence-electron chi connectivity index (χ4n) is 2.86. The van der Waals surface area contributed by atoms with Crippen LogP contribution in [0.5, 0.6) is 5.75 Å². The van der Waals surface area contributed by atoms with Crippen molar-refractivity contribution in [2.75, 3.05) is 12.9 Å². The second-order valence-electron chi connectivity index (χ2n) is 6.30. The molecule has 150 valence electrons.